The molecular formula is C27H34O4. The lowest BCUT2D eigenvalue weighted by Crippen LogP contribution is -2.18. The molecule has 4 nitrogen and oxygen atoms in total. The average molecular weight is 423 g/mol. The number of unbranched alkanes of at least 4 members (excludes halogenated alkanes) is 2. The number of benzene rings is 2. The summed E-state index contributed by atoms with van der Waals surface area (Å²) >= 11 is 0. The number of ketones is 1. The molecule has 0 aliphatic rings. The van der Waals surface area contributed by atoms with Gasteiger partial charge in [0.15, 0.2) is 0 Å². The van der Waals surface area contributed by atoms with Crippen molar-refractivity contribution in [2.75, 3.05) is 13.7 Å². The molecule has 0 N–H and O–H groups in total. The molecule has 0 spiro atoms. The van der Waals surface area contributed by atoms with Gasteiger partial charge < -0.3 is 14.2 Å². The summed E-state index contributed by atoms with van der Waals surface area (Å²) in [5.74, 6) is 6.51. The zero-order valence-corrected chi connectivity index (χ0v) is 18.8. The van der Waals surface area contributed by atoms with Crippen LogP contribution in [0.4, 0.5) is 0 Å². The first-order chi connectivity index (χ1) is 15.2. The Kier molecular flexibility index (Phi) is 12.1. The Morgan fingerprint density at radius 3 is 2.42 bits per heavy atom. The summed E-state index contributed by atoms with van der Waals surface area (Å²) in [4.78, 5) is 12.3. The molecule has 2 rings (SSSR count). The van der Waals surface area contributed by atoms with Gasteiger partial charge in [-0.15, -0.1) is 0 Å². The quantitative estimate of drug-likeness (QED) is 0.222. The molecule has 0 aliphatic heterocycles. The first-order valence-corrected chi connectivity index (χ1v) is 11.1. The van der Waals surface area contributed by atoms with E-state index >= 15 is 0 Å². The first-order valence-electron chi connectivity index (χ1n) is 11.1. The number of rotatable bonds is 14. The van der Waals surface area contributed by atoms with Gasteiger partial charge in [-0.3, -0.25) is 4.79 Å². The molecule has 0 fully saturated rings. The topological polar surface area (TPSA) is 44.8 Å². The maximum atomic E-state index is 12.3. The van der Waals surface area contributed by atoms with E-state index in [9.17, 15) is 4.79 Å². The van der Waals surface area contributed by atoms with Crippen molar-refractivity contribution in [1.29, 1.82) is 0 Å². The van der Waals surface area contributed by atoms with Crippen LogP contribution in [0.25, 0.3) is 0 Å². The molecule has 0 heterocycles. The van der Waals surface area contributed by atoms with Crippen LogP contribution in [-0.4, -0.2) is 25.6 Å². The van der Waals surface area contributed by atoms with E-state index in [0.717, 1.165) is 49.0 Å². The van der Waals surface area contributed by atoms with Crippen LogP contribution in [-0.2, 0) is 27.5 Å². The molecule has 1 atom stereocenters. The van der Waals surface area contributed by atoms with Gasteiger partial charge in [0.25, 0.3) is 0 Å². The minimum Gasteiger partial charge on any atom is -0.497 e. The van der Waals surface area contributed by atoms with Crippen molar-refractivity contribution in [1.82, 2.24) is 0 Å². The third-order valence-corrected chi connectivity index (χ3v) is 4.87. The predicted molar refractivity (Wildman–Crippen MR) is 124 cm³/mol. The Bertz CT molecular complexity index is 803. The summed E-state index contributed by atoms with van der Waals surface area (Å²) in [7, 11) is 1.65. The van der Waals surface area contributed by atoms with E-state index in [-0.39, 0.29) is 11.9 Å². The molecule has 0 aliphatic carbocycles. The smallest absolute Gasteiger partial charge is 0.208 e. The van der Waals surface area contributed by atoms with Crippen LogP contribution in [0, 0.1) is 11.8 Å². The average Bonchev–Trinajstić information content (AvgIpc) is 2.81. The molecule has 4 heteroatoms. The van der Waals surface area contributed by atoms with Gasteiger partial charge in [0.05, 0.1) is 26.4 Å². The van der Waals surface area contributed by atoms with Gasteiger partial charge in [-0.05, 0) is 48.4 Å². The molecule has 31 heavy (non-hydrogen) atoms. The zero-order valence-electron chi connectivity index (χ0n) is 18.8. The standard InChI is InChI=1S/C27H34O4/c1-3-4-5-9-13-25(28)20-27(31-22-24-15-17-26(29-2)18-16-24)14-10-19-30-21-23-11-7-6-8-12-23/h6-8,11-12,15-18,27H,3-5,10,14,19-22H2,1-2H3. The van der Waals surface area contributed by atoms with Crippen molar-refractivity contribution in [3.05, 3.63) is 65.7 Å². The van der Waals surface area contributed by atoms with Crippen LogP contribution < -0.4 is 4.74 Å². The zero-order chi connectivity index (χ0) is 22.2. The molecule has 1 unspecified atom stereocenters. The van der Waals surface area contributed by atoms with Crippen molar-refractivity contribution in [3.63, 3.8) is 0 Å². The van der Waals surface area contributed by atoms with Crippen LogP contribution in [0.3, 0.4) is 0 Å². The lowest BCUT2D eigenvalue weighted by Gasteiger charge is -2.17. The summed E-state index contributed by atoms with van der Waals surface area (Å²) < 4.78 is 17.0. The number of methoxy groups -OCH3 is 1. The minimum absolute atomic E-state index is 0.0546. The number of Topliss-reactive ketones (excluding diaryl/α,β-unsaturated/α-hetero) is 1. The number of hydrogen-bond acceptors (Lipinski definition) is 4. The van der Waals surface area contributed by atoms with Gasteiger partial charge in [-0.1, -0.05) is 61.7 Å². The van der Waals surface area contributed by atoms with Gasteiger partial charge >= 0.3 is 0 Å². The van der Waals surface area contributed by atoms with Crippen molar-refractivity contribution in [2.45, 2.75) is 64.8 Å². The molecule has 166 valence electrons. The summed E-state index contributed by atoms with van der Waals surface area (Å²) in [6.07, 6.45) is 4.61. The van der Waals surface area contributed by atoms with E-state index in [1.165, 1.54) is 0 Å². The largest absolute Gasteiger partial charge is 0.497 e. The van der Waals surface area contributed by atoms with E-state index in [1.807, 2.05) is 42.5 Å². The lowest BCUT2D eigenvalue weighted by atomic mass is 10.1. The predicted octanol–water partition coefficient (Wildman–Crippen LogP) is 5.73. The molecule has 2 aromatic carbocycles. The highest BCUT2D eigenvalue weighted by Crippen LogP contribution is 2.15. The van der Waals surface area contributed by atoms with E-state index < -0.39 is 0 Å². The summed E-state index contributed by atoms with van der Waals surface area (Å²) in [5.41, 5.74) is 2.21. The van der Waals surface area contributed by atoms with Gasteiger partial charge in [-0.25, -0.2) is 0 Å². The van der Waals surface area contributed by atoms with E-state index in [1.54, 1.807) is 7.11 Å². The Balaban J connectivity index is 1.81. The third kappa shape index (κ3) is 10.8. The van der Waals surface area contributed by atoms with Gasteiger partial charge in [-0.2, -0.15) is 0 Å². The second kappa shape index (κ2) is 15.2. The summed E-state index contributed by atoms with van der Waals surface area (Å²) in [6, 6.07) is 17.9. The van der Waals surface area contributed by atoms with E-state index in [4.69, 9.17) is 14.2 Å². The van der Waals surface area contributed by atoms with Crippen LogP contribution in [0.1, 0.15) is 56.6 Å². The minimum atomic E-state index is -0.171. The fourth-order valence-corrected chi connectivity index (χ4v) is 3.04. The molecule has 0 radical (unpaired) electrons. The first kappa shape index (κ1) is 24.7. The number of carbonyl (C=O) groups excluding carboxylic acids is 1. The second-order valence-corrected chi connectivity index (χ2v) is 7.49. The normalized spacial score (nSPS) is 11.4. The van der Waals surface area contributed by atoms with Crippen molar-refractivity contribution in [3.8, 4) is 17.6 Å². The number of carbonyl (C=O) groups is 1. The highest BCUT2D eigenvalue weighted by atomic mass is 16.5. The van der Waals surface area contributed by atoms with E-state index in [0.29, 0.717) is 26.2 Å². The van der Waals surface area contributed by atoms with Gasteiger partial charge in [0.1, 0.15) is 5.75 Å². The Labute approximate surface area is 186 Å². The van der Waals surface area contributed by atoms with Crippen molar-refractivity contribution >= 4 is 5.78 Å². The fraction of sp³-hybridized carbons (Fsp3) is 0.444. The summed E-state index contributed by atoms with van der Waals surface area (Å²) in [5, 5.41) is 0. The highest BCUT2D eigenvalue weighted by molar-refractivity contribution is 5.95. The molecular weight excluding hydrogens is 388 g/mol. The SMILES string of the molecule is CCCCC#CC(=O)CC(CCCOCc1ccccc1)OCc1ccc(OC)cc1. The second-order valence-electron chi connectivity index (χ2n) is 7.49. The Hall–Kier alpha value is -2.61. The maximum absolute atomic E-state index is 12.3. The molecule has 2 aromatic rings. The van der Waals surface area contributed by atoms with E-state index in [2.05, 4.69) is 30.9 Å². The van der Waals surface area contributed by atoms with Crippen LogP contribution in [0.15, 0.2) is 54.6 Å². The van der Waals surface area contributed by atoms with Crippen LogP contribution in [0.2, 0.25) is 0 Å². The molecule has 0 saturated heterocycles. The molecule has 0 amide bonds. The van der Waals surface area contributed by atoms with Crippen LogP contribution >= 0.6 is 0 Å². The van der Waals surface area contributed by atoms with Gasteiger partial charge in [0.2, 0.25) is 5.78 Å². The lowest BCUT2D eigenvalue weighted by molar-refractivity contribution is -0.117. The Morgan fingerprint density at radius 2 is 1.71 bits per heavy atom. The monoisotopic (exact) mass is 422 g/mol. The summed E-state index contributed by atoms with van der Waals surface area (Å²) in [6.45, 7) is 3.80. The highest BCUT2D eigenvalue weighted by Gasteiger charge is 2.14. The fourth-order valence-electron chi connectivity index (χ4n) is 3.04. The maximum Gasteiger partial charge on any atom is 0.208 e. The number of hydrogen-bond donors (Lipinski definition) is 0. The number of ether oxygens (including phenoxy) is 3. The Morgan fingerprint density at radius 1 is 0.968 bits per heavy atom. The van der Waals surface area contributed by atoms with Crippen LogP contribution in [0.5, 0.6) is 5.75 Å². The molecule has 0 saturated carbocycles. The molecule has 0 bridgehead atoms. The van der Waals surface area contributed by atoms with Crippen molar-refractivity contribution < 1.29 is 19.0 Å². The van der Waals surface area contributed by atoms with Crippen molar-refractivity contribution in [2.24, 2.45) is 0 Å². The molecule has 0 aromatic heterocycles. The van der Waals surface area contributed by atoms with Gasteiger partial charge in [0, 0.05) is 19.4 Å². The third-order valence-electron chi connectivity index (χ3n) is 4.87.